The number of hydrogen-bond donors (Lipinski definition) is 1. The first kappa shape index (κ1) is 14.6. The molecule has 2 rings (SSSR count). The summed E-state index contributed by atoms with van der Waals surface area (Å²) in [5.74, 6) is 0. The fourth-order valence-electron chi connectivity index (χ4n) is 1.41. The smallest absolute Gasteiger partial charge is 0.264 e. The lowest BCUT2D eigenvalue weighted by Gasteiger charge is -2.11. The van der Waals surface area contributed by atoms with Gasteiger partial charge in [-0.15, -0.1) is 0 Å². The molecule has 0 saturated heterocycles. The van der Waals surface area contributed by atoms with Crippen molar-refractivity contribution >= 4 is 54.8 Å². The summed E-state index contributed by atoms with van der Waals surface area (Å²) < 4.78 is 27.4. The summed E-state index contributed by atoms with van der Waals surface area (Å²) in [5, 5.41) is 0.0755. The number of pyridine rings is 1. The molecule has 0 fully saturated rings. The minimum Gasteiger partial charge on any atom is -0.278 e. The van der Waals surface area contributed by atoms with E-state index >= 15 is 0 Å². The van der Waals surface area contributed by atoms with Crippen molar-refractivity contribution in [3.63, 3.8) is 0 Å². The summed E-state index contributed by atoms with van der Waals surface area (Å²) in [6, 6.07) is 6.12. The van der Waals surface area contributed by atoms with Gasteiger partial charge in [0, 0.05) is 10.7 Å². The van der Waals surface area contributed by atoms with Gasteiger partial charge < -0.3 is 0 Å². The van der Waals surface area contributed by atoms with Crippen molar-refractivity contribution < 1.29 is 8.42 Å². The molecule has 0 radical (unpaired) electrons. The van der Waals surface area contributed by atoms with E-state index in [1.54, 1.807) is 12.1 Å². The zero-order chi connectivity index (χ0) is 14.0. The van der Waals surface area contributed by atoms with Crippen LogP contribution in [0.3, 0.4) is 0 Å². The van der Waals surface area contributed by atoms with Crippen LogP contribution in [0.5, 0.6) is 0 Å². The van der Waals surface area contributed by atoms with Gasteiger partial charge in [0.2, 0.25) is 0 Å². The van der Waals surface area contributed by atoms with Crippen LogP contribution in [0.1, 0.15) is 0 Å². The van der Waals surface area contributed by atoms with Crippen molar-refractivity contribution in [1.82, 2.24) is 4.98 Å². The zero-order valence-corrected chi connectivity index (χ0v) is 13.2. The third kappa shape index (κ3) is 3.39. The number of sulfonamides is 1. The van der Waals surface area contributed by atoms with Crippen molar-refractivity contribution in [3.05, 3.63) is 51.2 Å². The second kappa shape index (κ2) is 5.66. The standard InChI is InChI=1S/C11H7BrCl2N2O2S/c12-7-4-9(13)11(10(14)5-7)19(17,18)16-8-2-1-3-15-6-8/h1-6,16H. The van der Waals surface area contributed by atoms with Crippen molar-refractivity contribution in [2.75, 3.05) is 4.72 Å². The molecule has 0 saturated carbocycles. The van der Waals surface area contributed by atoms with E-state index in [9.17, 15) is 8.42 Å². The average molecular weight is 382 g/mol. The average Bonchev–Trinajstić information content (AvgIpc) is 2.27. The Kier molecular flexibility index (Phi) is 4.35. The van der Waals surface area contributed by atoms with Crippen molar-refractivity contribution in [2.24, 2.45) is 0 Å². The van der Waals surface area contributed by atoms with Gasteiger partial charge in [-0.05, 0) is 24.3 Å². The molecule has 0 spiro atoms. The van der Waals surface area contributed by atoms with Gasteiger partial charge in [0.1, 0.15) is 4.90 Å². The molecule has 0 aliphatic heterocycles. The predicted octanol–water partition coefficient (Wildman–Crippen LogP) is 3.95. The van der Waals surface area contributed by atoms with Gasteiger partial charge in [-0.3, -0.25) is 9.71 Å². The van der Waals surface area contributed by atoms with E-state index in [-0.39, 0.29) is 14.9 Å². The molecule has 4 nitrogen and oxygen atoms in total. The molecular formula is C11H7BrCl2N2O2S. The van der Waals surface area contributed by atoms with Gasteiger partial charge >= 0.3 is 0 Å². The highest BCUT2D eigenvalue weighted by molar-refractivity contribution is 9.10. The summed E-state index contributed by atoms with van der Waals surface area (Å²) in [5.41, 5.74) is 0.331. The Balaban J connectivity index is 2.46. The largest absolute Gasteiger partial charge is 0.278 e. The Hall–Kier alpha value is -0.820. The van der Waals surface area contributed by atoms with E-state index in [1.165, 1.54) is 24.5 Å². The van der Waals surface area contributed by atoms with Crippen LogP contribution in [0.25, 0.3) is 0 Å². The second-order valence-corrected chi connectivity index (χ2v) is 6.90. The molecule has 0 aliphatic carbocycles. The van der Waals surface area contributed by atoms with Gasteiger partial charge in [-0.2, -0.15) is 0 Å². The summed E-state index contributed by atoms with van der Waals surface area (Å²) in [7, 11) is -3.87. The first-order valence-corrected chi connectivity index (χ1v) is 8.01. The molecule has 1 heterocycles. The van der Waals surface area contributed by atoms with Crippen molar-refractivity contribution in [3.8, 4) is 0 Å². The van der Waals surface area contributed by atoms with Crippen LogP contribution < -0.4 is 4.72 Å². The Morgan fingerprint density at radius 1 is 1.21 bits per heavy atom. The minimum atomic E-state index is -3.87. The molecule has 100 valence electrons. The highest BCUT2D eigenvalue weighted by Crippen LogP contribution is 2.33. The number of benzene rings is 1. The molecular weight excluding hydrogens is 375 g/mol. The molecule has 0 aliphatic rings. The maximum atomic E-state index is 12.2. The molecule has 1 aromatic heterocycles. The molecule has 2 aromatic rings. The molecule has 0 amide bonds. The van der Waals surface area contributed by atoms with E-state index in [1.807, 2.05) is 0 Å². The van der Waals surface area contributed by atoms with Gasteiger partial charge in [0.25, 0.3) is 10.0 Å². The fraction of sp³-hybridized carbons (Fsp3) is 0. The quantitative estimate of drug-likeness (QED) is 0.875. The molecule has 1 aromatic carbocycles. The lowest BCUT2D eigenvalue weighted by Crippen LogP contribution is -2.14. The maximum absolute atomic E-state index is 12.2. The Bertz CT molecular complexity index is 685. The predicted molar refractivity (Wildman–Crippen MR) is 79.2 cm³/mol. The fourth-order valence-corrected chi connectivity index (χ4v) is 4.40. The highest BCUT2D eigenvalue weighted by atomic mass is 79.9. The van der Waals surface area contributed by atoms with Crippen LogP contribution in [0.4, 0.5) is 5.69 Å². The normalized spacial score (nSPS) is 11.3. The summed E-state index contributed by atoms with van der Waals surface area (Å²) in [4.78, 5) is 3.66. The number of aromatic nitrogens is 1. The Labute approximate surface area is 128 Å². The summed E-state index contributed by atoms with van der Waals surface area (Å²) in [6.07, 6.45) is 2.93. The first-order valence-electron chi connectivity index (χ1n) is 4.97. The molecule has 0 bridgehead atoms. The maximum Gasteiger partial charge on any atom is 0.264 e. The zero-order valence-electron chi connectivity index (χ0n) is 9.27. The van der Waals surface area contributed by atoms with Gasteiger partial charge in [-0.1, -0.05) is 39.1 Å². The lowest BCUT2D eigenvalue weighted by molar-refractivity contribution is 0.601. The summed E-state index contributed by atoms with van der Waals surface area (Å²) in [6.45, 7) is 0. The molecule has 19 heavy (non-hydrogen) atoms. The van der Waals surface area contributed by atoms with Gasteiger partial charge in [0.05, 0.1) is 21.9 Å². The van der Waals surface area contributed by atoms with Crippen molar-refractivity contribution in [1.29, 1.82) is 0 Å². The Morgan fingerprint density at radius 3 is 2.37 bits per heavy atom. The topological polar surface area (TPSA) is 59.1 Å². The van der Waals surface area contributed by atoms with Crippen molar-refractivity contribution in [2.45, 2.75) is 4.90 Å². The van der Waals surface area contributed by atoms with Crippen LogP contribution in [0, 0.1) is 0 Å². The number of nitrogens with zero attached hydrogens (tertiary/aromatic N) is 1. The van der Waals surface area contributed by atoms with E-state index in [2.05, 4.69) is 25.6 Å². The van der Waals surface area contributed by atoms with Crippen LogP contribution in [0.15, 0.2) is 46.0 Å². The van der Waals surface area contributed by atoms with E-state index in [0.29, 0.717) is 10.2 Å². The number of nitrogens with one attached hydrogen (secondary N) is 1. The molecule has 1 N–H and O–H groups in total. The number of hydrogen-bond acceptors (Lipinski definition) is 3. The third-order valence-electron chi connectivity index (χ3n) is 2.15. The van der Waals surface area contributed by atoms with Crippen LogP contribution in [0.2, 0.25) is 10.0 Å². The van der Waals surface area contributed by atoms with E-state index in [4.69, 9.17) is 23.2 Å². The van der Waals surface area contributed by atoms with Crippen LogP contribution >= 0.6 is 39.1 Å². The third-order valence-corrected chi connectivity index (χ3v) is 4.91. The second-order valence-electron chi connectivity index (χ2n) is 3.55. The van der Waals surface area contributed by atoms with Gasteiger partial charge in [0.15, 0.2) is 0 Å². The molecule has 0 unspecified atom stereocenters. The molecule has 0 atom stereocenters. The highest BCUT2D eigenvalue weighted by Gasteiger charge is 2.22. The van der Waals surface area contributed by atoms with Crippen LogP contribution in [-0.2, 0) is 10.0 Å². The van der Waals surface area contributed by atoms with E-state index in [0.717, 1.165) is 0 Å². The van der Waals surface area contributed by atoms with Gasteiger partial charge in [-0.25, -0.2) is 8.42 Å². The Morgan fingerprint density at radius 2 is 1.84 bits per heavy atom. The first-order chi connectivity index (χ1) is 8.90. The minimum absolute atomic E-state index is 0.0377. The SMILES string of the molecule is O=S(=O)(Nc1cccnc1)c1c(Cl)cc(Br)cc1Cl. The van der Waals surface area contributed by atoms with Crippen LogP contribution in [-0.4, -0.2) is 13.4 Å². The number of anilines is 1. The summed E-state index contributed by atoms with van der Waals surface area (Å²) >= 11 is 15.1. The molecule has 8 heteroatoms. The monoisotopic (exact) mass is 380 g/mol. The number of rotatable bonds is 3. The van der Waals surface area contributed by atoms with E-state index < -0.39 is 10.0 Å². The number of halogens is 3. The lowest BCUT2D eigenvalue weighted by atomic mass is 10.4.